The molecule has 0 aliphatic heterocycles. The Morgan fingerprint density at radius 1 is 1.14 bits per heavy atom. The van der Waals surface area contributed by atoms with Crippen LogP contribution in [0.25, 0.3) is 0 Å². The molecule has 2 aromatic heterocycles. The second-order valence-corrected chi connectivity index (χ2v) is 15.7. The van der Waals surface area contributed by atoms with E-state index in [9.17, 15) is 4.79 Å². The van der Waals surface area contributed by atoms with Gasteiger partial charge in [0.15, 0.2) is 5.76 Å². The van der Waals surface area contributed by atoms with Crippen LogP contribution in [-0.2, 0) is 5.04 Å². The summed E-state index contributed by atoms with van der Waals surface area (Å²) in [7, 11) is 5.25. The van der Waals surface area contributed by atoms with Gasteiger partial charge in [-0.2, -0.15) is 9.97 Å². The number of likely N-dealkylation sites (N-methyl/N-ethyl adjacent to an activating group) is 2. The zero-order chi connectivity index (χ0) is 27.4. The number of allylic oxidation sites excluding steroid dienone is 4. The van der Waals surface area contributed by atoms with E-state index in [-0.39, 0.29) is 11.7 Å². The van der Waals surface area contributed by atoms with Crippen LogP contribution in [-0.4, -0.2) is 76.8 Å². The van der Waals surface area contributed by atoms with Crippen molar-refractivity contribution in [3.05, 3.63) is 47.4 Å². The number of carbonyl (C=O) groups is 1. The Kier molecular flexibility index (Phi) is 8.70. The van der Waals surface area contributed by atoms with Crippen molar-refractivity contribution in [2.45, 2.75) is 38.0 Å². The van der Waals surface area contributed by atoms with Crippen molar-refractivity contribution < 1.29 is 23.4 Å². The molecule has 37 heavy (non-hydrogen) atoms. The molecule has 0 fully saturated rings. The minimum atomic E-state index is -2.07. The fourth-order valence-electron chi connectivity index (χ4n) is 4.43. The molecule has 0 aromatic carbocycles. The van der Waals surface area contributed by atoms with E-state index in [1.165, 1.54) is 6.07 Å². The lowest BCUT2D eigenvalue weighted by Gasteiger charge is -2.44. The maximum atomic E-state index is 11.4. The van der Waals surface area contributed by atoms with E-state index in [1.54, 1.807) is 20.3 Å². The summed E-state index contributed by atoms with van der Waals surface area (Å²) >= 11 is 0. The summed E-state index contributed by atoms with van der Waals surface area (Å²) < 4.78 is 23.3. The van der Waals surface area contributed by atoms with Gasteiger partial charge in [0, 0.05) is 37.2 Å². The molecule has 1 unspecified atom stereocenters. The summed E-state index contributed by atoms with van der Waals surface area (Å²) in [4.78, 5) is 25.4. The number of hydrogen-bond donors (Lipinski definition) is 1. The summed E-state index contributed by atoms with van der Waals surface area (Å²) in [5.74, 6) is 1.78. The van der Waals surface area contributed by atoms with Gasteiger partial charge in [0.1, 0.15) is 5.76 Å². The van der Waals surface area contributed by atoms with Crippen LogP contribution in [0, 0.1) is 0 Å². The number of nitrogens with two attached hydrogens (primary N) is 1. The number of aromatic nitrogens is 2. The first-order chi connectivity index (χ1) is 17.5. The van der Waals surface area contributed by atoms with Crippen molar-refractivity contribution >= 4 is 19.9 Å². The van der Waals surface area contributed by atoms with Crippen molar-refractivity contribution in [2.75, 3.05) is 52.8 Å². The zero-order valence-electron chi connectivity index (χ0n) is 23.1. The summed E-state index contributed by atoms with van der Waals surface area (Å²) in [5, 5.41) is -0.508. The van der Waals surface area contributed by atoms with Crippen molar-refractivity contribution in [1.82, 2.24) is 14.9 Å². The van der Waals surface area contributed by atoms with Crippen LogP contribution >= 0.6 is 0 Å². The number of anilines is 1. The lowest BCUT2D eigenvalue weighted by atomic mass is 9.90. The minimum Gasteiger partial charge on any atom is -0.481 e. The molecule has 1 atom stereocenters. The van der Waals surface area contributed by atoms with Gasteiger partial charge in [0.05, 0.1) is 27.9 Å². The van der Waals surface area contributed by atoms with E-state index in [0.717, 1.165) is 25.2 Å². The summed E-state index contributed by atoms with van der Waals surface area (Å²) in [6.07, 6.45) is 6.55. The van der Waals surface area contributed by atoms with Gasteiger partial charge in [-0.05, 0) is 33.2 Å². The van der Waals surface area contributed by atoms with Crippen molar-refractivity contribution in [3.8, 4) is 17.7 Å². The van der Waals surface area contributed by atoms with Gasteiger partial charge >= 0.3 is 0 Å². The average Bonchev–Trinajstić information content (AvgIpc) is 3.31. The highest BCUT2D eigenvalue weighted by atomic mass is 28.3. The standard InChI is InChI=1S/C26H39N5O5Si/c1-9-31(16-15-30(2)3)25-28-23(33-4)21(24(29-25)34-5)26(37(6,7)8)14-10-11-18(17-26)35-20-13-12-19(36-20)22(27)32/h10-14H,9,15-17H2,1-8H3,(H2,27,32). The van der Waals surface area contributed by atoms with E-state index in [1.807, 2.05) is 26.2 Å². The monoisotopic (exact) mass is 529 g/mol. The molecule has 202 valence electrons. The molecule has 2 heterocycles. The van der Waals surface area contributed by atoms with E-state index in [0.29, 0.717) is 29.9 Å². The average molecular weight is 530 g/mol. The van der Waals surface area contributed by atoms with Gasteiger partial charge < -0.3 is 34.2 Å². The highest BCUT2D eigenvalue weighted by Gasteiger charge is 2.49. The number of rotatable bonds is 12. The number of ether oxygens (including phenoxy) is 3. The Hall–Kier alpha value is -3.31. The van der Waals surface area contributed by atoms with Crippen LogP contribution in [0.2, 0.25) is 19.6 Å². The molecule has 10 nitrogen and oxygen atoms in total. The van der Waals surface area contributed by atoms with Crippen molar-refractivity contribution in [1.29, 1.82) is 0 Å². The highest BCUT2D eigenvalue weighted by Crippen LogP contribution is 2.50. The molecule has 0 bridgehead atoms. The fourth-order valence-corrected chi connectivity index (χ4v) is 6.69. The molecule has 2 N–H and O–H groups in total. The third-order valence-corrected chi connectivity index (χ3v) is 9.93. The molecule has 0 radical (unpaired) electrons. The topological polar surface area (TPSA) is 116 Å². The Labute approximate surface area is 220 Å². The molecular formula is C26H39N5O5Si. The molecule has 2 aromatic rings. The molecule has 0 saturated heterocycles. The third-order valence-electron chi connectivity index (χ3n) is 6.66. The van der Waals surface area contributed by atoms with E-state index >= 15 is 0 Å². The van der Waals surface area contributed by atoms with Crippen LogP contribution in [0.15, 0.2) is 40.5 Å². The van der Waals surface area contributed by atoms with Gasteiger partial charge in [-0.3, -0.25) is 4.79 Å². The van der Waals surface area contributed by atoms with Gasteiger partial charge in [-0.1, -0.05) is 31.8 Å². The third kappa shape index (κ3) is 5.99. The quantitative estimate of drug-likeness (QED) is 0.412. The van der Waals surface area contributed by atoms with E-state index < -0.39 is 19.0 Å². The minimum absolute atomic E-state index is 0.0421. The first kappa shape index (κ1) is 28.3. The molecule has 11 heteroatoms. The maximum absolute atomic E-state index is 11.4. The maximum Gasteiger partial charge on any atom is 0.290 e. The van der Waals surface area contributed by atoms with E-state index in [2.05, 4.69) is 42.4 Å². The zero-order valence-corrected chi connectivity index (χ0v) is 24.1. The molecule has 3 rings (SSSR count). The van der Waals surface area contributed by atoms with Crippen LogP contribution in [0.5, 0.6) is 17.7 Å². The first-order valence-electron chi connectivity index (χ1n) is 12.3. The summed E-state index contributed by atoms with van der Waals surface area (Å²) in [6.45, 7) is 11.3. The molecule has 0 spiro atoms. The predicted octanol–water partition coefficient (Wildman–Crippen LogP) is 3.61. The Morgan fingerprint density at radius 2 is 1.78 bits per heavy atom. The van der Waals surface area contributed by atoms with E-state index in [4.69, 9.17) is 34.3 Å². The van der Waals surface area contributed by atoms with Gasteiger partial charge in [0.25, 0.3) is 11.9 Å². The molecule has 1 amide bonds. The second-order valence-electron chi connectivity index (χ2n) is 10.3. The van der Waals surface area contributed by atoms with Crippen molar-refractivity contribution in [2.24, 2.45) is 5.73 Å². The molecule has 0 saturated carbocycles. The van der Waals surface area contributed by atoms with Crippen molar-refractivity contribution in [3.63, 3.8) is 0 Å². The molecule has 1 aliphatic carbocycles. The predicted molar refractivity (Wildman–Crippen MR) is 146 cm³/mol. The van der Waals surface area contributed by atoms with Crippen LogP contribution in [0.1, 0.15) is 29.5 Å². The molecular weight excluding hydrogens is 490 g/mol. The summed E-state index contributed by atoms with van der Waals surface area (Å²) in [5.41, 5.74) is 6.12. The van der Waals surface area contributed by atoms with Gasteiger partial charge in [-0.25, -0.2) is 0 Å². The second kappa shape index (κ2) is 11.4. The first-order valence-corrected chi connectivity index (χ1v) is 15.8. The van der Waals surface area contributed by atoms with Gasteiger partial charge in [-0.15, -0.1) is 0 Å². The smallest absolute Gasteiger partial charge is 0.290 e. The Bertz CT molecular complexity index is 1150. The number of primary amides is 1. The Morgan fingerprint density at radius 3 is 2.27 bits per heavy atom. The normalized spacial score (nSPS) is 17.5. The van der Waals surface area contributed by atoms with Crippen LogP contribution < -0.4 is 24.8 Å². The molecule has 1 aliphatic rings. The lowest BCUT2D eigenvalue weighted by Crippen LogP contribution is -2.50. The highest BCUT2D eigenvalue weighted by molar-refractivity contribution is 6.79. The summed E-state index contributed by atoms with van der Waals surface area (Å²) in [6, 6.07) is 3.08. The number of nitrogens with zero attached hydrogens (tertiary/aromatic N) is 4. The number of methoxy groups -OCH3 is 2. The number of hydrogen-bond acceptors (Lipinski definition) is 9. The SMILES string of the molecule is CCN(CCN(C)C)c1nc(OC)c(C2([Si](C)(C)C)C=CC=C(Oc3ccc(C(N)=O)o3)C2)c(OC)n1. The van der Waals surface area contributed by atoms with Gasteiger partial charge in [0.2, 0.25) is 17.7 Å². The fraction of sp³-hybridized carbons (Fsp3) is 0.500. The largest absolute Gasteiger partial charge is 0.481 e. The number of amides is 1. The lowest BCUT2D eigenvalue weighted by molar-refractivity contribution is 0.0967. The van der Waals surface area contributed by atoms with Crippen LogP contribution in [0.4, 0.5) is 5.95 Å². The number of carbonyl (C=O) groups excluding carboxylic acids is 1. The Balaban J connectivity index is 2.07. The van der Waals surface area contributed by atoms with Crippen LogP contribution in [0.3, 0.4) is 0 Å². The number of furan rings is 1.